The monoisotopic (exact) mass is 423 g/mol. The lowest BCUT2D eigenvalue weighted by molar-refractivity contribution is -0.115. The largest absolute Gasteiger partial charge is 0.416 e. The van der Waals surface area contributed by atoms with Crippen LogP contribution >= 0.6 is 11.8 Å². The lowest BCUT2D eigenvalue weighted by atomic mass is 9.98. The van der Waals surface area contributed by atoms with E-state index in [2.05, 4.69) is 54.5 Å². The van der Waals surface area contributed by atoms with Crippen LogP contribution in [0.3, 0.4) is 0 Å². The van der Waals surface area contributed by atoms with Crippen molar-refractivity contribution in [3.8, 4) is 0 Å². The Morgan fingerprint density at radius 3 is 2.47 bits per heavy atom. The first-order chi connectivity index (χ1) is 14.3. The maximum atomic E-state index is 12.8. The summed E-state index contributed by atoms with van der Waals surface area (Å²) in [6.07, 6.45) is 0.666. The summed E-state index contributed by atoms with van der Waals surface area (Å²) in [5.74, 6) is 1.12. The van der Waals surface area contributed by atoms with Crippen LogP contribution in [0.5, 0.6) is 0 Å². The van der Waals surface area contributed by atoms with Crippen LogP contribution in [0.2, 0.25) is 0 Å². The predicted molar refractivity (Wildman–Crippen MR) is 122 cm³/mol. The van der Waals surface area contributed by atoms with Crippen LogP contribution in [0.4, 0.5) is 5.69 Å². The van der Waals surface area contributed by atoms with Crippen molar-refractivity contribution in [3.05, 3.63) is 71.1 Å². The summed E-state index contributed by atoms with van der Waals surface area (Å²) in [6, 6.07) is 16.3. The molecule has 1 N–H and O–H groups in total. The zero-order chi connectivity index (χ0) is 21.7. The quantitative estimate of drug-likeness (QED) is 0.452. The van der Waals surface area contributed by atoms with E-state index in [1.54, 1.807) is 0 Å². The molecule has 0 radical (unpaired) electrons. The molecule has 5 nitrogen and oxygen atoms in total. The lowest BCUT2D eigenvalue weighted by Gasteiger charge is -2.18. The Morgan fingerprint density at radius 1 is 1.03 bits per heavy atom. The minimum atomic E-state index is -0.357. The van der Waals surface area contributed by atoms with E-state index in [4.69, 9.17) is 4.42 Å². The van der Waals surface area contributed by atoms with E-state index in [0.29, 0.717) is 23.5 Å². The third-order valence-corrected chi connectivity index (χ3v) is 6.05. The molecule has 1 amide bonds. The standard InChI is InChI=1S/C24H29N3O2S/c1-15(2)20-13-9-10-16(3)22(20)25-23(28)18(5)30-24-27-26-21(29-24)14-17(4)19-11-7-6-8-12-19/h6-13,15,17-18H,14H2,1-5H3,(H,25,28). The minimum Gasteiger partial charge on any atom is -0.416 e. The van der Waals surface area contributed by atoms with Gasteiger partial charge in [-0.1, -0.05) is 81.1 Å². The van der Waals surface area contributed by atoms with Gasteiger partial charge in [-0.05, 0) is 42.4 Å². The number of nitrogens with zero attached hydrogens (tertiary/aromatic N) is 2. The smallest absolute Gasteiger partial charge is 0.277 e. The van der Waals surface area contributed by atoms with Crippen molar-refractivity contribution in [2.24, 2.45) is 0 Å². The van der Waals surface area contributed by atoms with Crippen LogP contribution < -0.4 is 5.32 Å². The molecule has 0 aliphatic heterocycles. The van der Waals surface area contributed by atoms with Crippen molar-refractivity contribution in [1.29, 1.82) is 0 Å². The highest BCUT2D eigenvalue weighted by Crippen LogP contribution is 2.30. The summed E-state index contributed by atoms with van der Waals surface area (Å²) in [6.45, 7) is 10.2. The van der Waals surface area contributed by atoms with E-state index < -0.39 is 0 Å². The average Bonchev–Trinajstić information content (AvgIpc) is 3.16. The van der Waals surface area contributed by atoms with Gasteiger partial charge in [-0.2, -0.15) is 0 Å². The normalized spacial score (nSPS) is 13.3. The molecule has 1 aromatic heterocycles. The maximum absolute atomic E-state index is 12.8. The summed E-state index contributed by atoms with van der Waals surface area (Å²) >= 11 is 1.28. The van der Waals surface area contributed by atoms with Crippen molar-refractivity contribution in [2.45, 2.75) is 63.3 Å². The van der Waals surface area contributed by atoms with Crippen LogP contribution in [0.25, 0.3) is 0 Å². The average molecular weight is 424 g/mol. The number of nitrogens with one attached hydrogen (secondary N) is 1. The van der Waals surface area contributed by atoms with E-state index >= 15 is 0 Å². The summed E-state index contributed by atoms with van der Waals surface area (Å²) in [4.78, 5) is 12.8. The molecule has 0 saturated heterocycles. The van der Waals surface area contributed by atoms with Gasteiger partial charge in [-0.3, -0.25) is 4.79 Å². The van der Waals surface area contributed by atoms with Crippen molar-refractivity contribution in [1.82, 2.24) is 10.2 Å². The van der Waals surface area contributed by atoms with Crippen LogP contribution in [-0.2, 0) is 11.2 Å². The first-order valence-electron chi connectivity index (χ1n) is 10.3. The van der Waals surface area contributed by atoms with Gasteiger partial charge >= 0.3 is 0 Å². The van der Waals surface area contributed by atoms with Crippen molar-refractivity contribution in [2.75, 3.05) is 5.32 Å². The van der Waals surface area contributed by atoms with Gasteiger partial charge in [0.05, 0.1) is 5.25 Å². The maximum Gasteiger partial charge on any atom is 0.277 e. The first kappa shape index (κ1) is 22.1. The van der Waals surface area contributed by atoms with Gasteiger partial charge in [-0.15, -0.1) is 10.2 Å². The molecule has 0 aliphatic rings. The number of benzene rings is 2. The second-order valence-electron chi connectivity index (χ2n) is 7.92. The molecule has 0 aliphatic carbocycles. The third kappa shape index (κ3) is 5.51. The van der Waals surface area contributed by atoms with Crippen LogP contribution in [0.15, 0.2) is 58.2 Å². The van der Waals surface area contributed by atoms with Gasteiger partial charge < -0.3 is 9.73 Å². The Morgan fingerprint density at radius 2 is 1.77 bits per heavy atom. The van der Waals surface area contributed by atoms with E-state index in [9.17, 15) is 4.79 Å². The number of aromatic nitrogens is 2. The molecule has 6 heteroatoms. The zero-order valence-electron chi connectivity index (χ0n) is 18.2. The molecule has 30 heavy (non-hydrogen) atoms. The SMILES string of the molecule is Cc1cccc(C(C)C)c1NC(=O)C(C)Sc1nnc(CC(C)c2ccccc2)o1. The number of anilines is 1. The molecular weight excluding hydrogens is 394 g/mol. The van der Waals surface area contributed by atoms with Crippen LogP contribution in [-0.4, -0.2) is 21.4 Å². The zero-order valence-corrected chi connectivity index (χ0v) is 19.0. The van der Waals surface area contributed by atoms with E-state index in [-0.39, 0.29) is 17.1 Å². The van der Waals surface area contributed by atoms with E-state index in [1.807, 2.05) is 44.2 Å². The Hall–Kier alpha value is -2.60. The Bertz CT molecular complexity index is 985. The molecule has 0 bridgehead atoms. The number of hydrogen-bond donors (Lipinski definition) is 1. The van der Waals surface area contributed by atoms with Gasteiger partial charge in [0.2, 0.25) is 11.8 Å². The Labute approximate surface area is 182 Å². The Kier molecular flexibility index (Phi) is 7.32. The van der Waals surface area contributed by atoms with Gasteiger partial charge in [0, 0.05) is 12.1 Å². The highest BCUT2D eigenvalue weighted by Gasteiger charge is 2.21. The molecule has 158 valence electrons. The topological polar surface area (TPSA) is 68.0 Å². The molecule has 2 unspecified atom stereocenters. The number of para-hydroxylation sites is 1. The van der Waals surface area contributed by atoms with E-state index in [1.165, 1.54) is 17.3 Å². The highest BCUT2D eigenvalue weighted by atomic mass is 32.2. The summed E-state index contributed by atoms with van der Waals surface area (Å²) in [7, 11) is 0. The fourth-order valence-corrected chi connectivity index (χ4v) is 4.00. The molecule has 0 saturated carbocycles. The molecule has 0 fully saturated rings. The van der Waals surface area contributed by atoms with Crippen molar-refractivity contribution in [3.63, 3.8) is 0 Å². The van der Waals surface area contributed by atoms with Crippen LogP contribution in [0.1, 0.15) is 62.1 Å². The minimum absolute atomic E-state index is 0.0754. The van der Waals surface area contributed by atoms with Gasteiger partial charge in [-0.25, -0.2) is 0 Å². The van der Waals surface area contributed by atoms with Crippen molar-refractivity contribution < 1.29 is 9.21 Å². The van der Waals surface area contributed by atoms with E-state index in [0.717, 1.165) is 16.8 Å². The molecule has 1 heterocycles. The third-order valence-electron chi connectivity index (χ3n) is 5.12. The molecule has 0 spiro atoms. The second-order valence-corrected chi connectivity index (χ2v) is 9.21. The number of aryl methyl sites for hydroxylation is 1. The summed E-state index contributed by atoms with van der Waals surface area (Å²) in [5, 5.41) is 11.4. The number of carbonyl (C=O) groups is 1. The molecule has 2 atom stereocenters. The Balaban J connectivity index is 1.62. The molecule has 3 aromatic rings. The molecular formula is C24H29N3O2S. The van der Waals surface area contributed by atoms with Gasteiger partial charge in [0.25, 0.3) is 5.22 Å². The predicted octanol–water partition coefficient (Wildman–Crippen LogP) is 5.97. The lowest BCUT2D eigenvalue weighted by Crippen LogP contribution is -2.23. The van der Waals surface area contributed by atoms with Gasteiger partial charge in [0.1, 0.15) is 0 Å². The fraction of sp³-hybridized carbons (Fsp3) is 0.375. The second kappa shape index (κ2) is 9.94. The number of carbonyl (C=O) groups excluding carboxylic acids is 1. The first-order valence-corrected chi connectivity index (χ1v) is 11.2. The molecule has 2 aromatic carbocycles. The van der Waals surface area contributed by atoms with Crippen LogP contribution in [0, 0.1) is 6.92 Å². The van der Waals surface area contributed by atoms with Gasteiger partial charge in [0.15, 0.2) is 0 Å². The highest BCUT2D eigenvalue weighted by molar-refractivity contribution is 8.00. The number of thioether (sulfide) groups is 1. The summed E-state index contributed by atoms with van der Waals surface area (Å²) in [5.41, 5.74) is 4.32. The number of hydrogen-bond acceptors (Lipinski definition) is 5. The number of rotatable bonds is 8. The summed E-state index contributed by atoms with van der Waals surface area (Å²) < 4.78 is 5.79. The number of amides is 1. The van der Waals surface area contributed by atoms with Crippen molar-refractivity contribution >= 4 is 23.4 Å². The molecule has 3 rings (SSSR count). The fourth-order valence-electron chi connectivity index (χ4n) is 3.30.